The third-order valence-electron chi connectivity index (χ3n) is 11.2. The van der Waals surface area contributed by atoms with Crippen molar-refractivity contribution in [3.8, 4) is 39.9 Å². The van der Waals surface area contributed by atoms with Crippen molar-refractivity contribution in [3.05, 3.63) is 182 Å². The van der Waals surface area contributed by atoms with Crippen LogP contribution in [0.1, 0.15) is 0 Å². The van der Waals surface area contributed by atoms with E-state index < -0.39 is 0 Å². The molecule has 0 aliphatic heterocycles. The monoisotopic (exact) mass is 714 g/mol. The molecule has 260 valence electrons. The standard InChI is InChI=1S/C51H30N4O/c1-3-14-31(15-4-1)49-52-50(32-16-5-2-6-17-32)54-51(53-49)43-24-13-23-41-42-29-28-40-39-22-11-12-25-45(39)55(46(40)48(42)56-47(41)43)33-26-27-38-36-20-8-7-18-34(36)35-19-9-10-21-37(35)44(38)30-33/h1-30H. The van der Waals surface area contributed by atoms with Crippen molar-refractivity contribution < 1.29 is 4.42 Å². The molecule has 3 heterocycles. The molecule has 0 fully saturated rings. The van der Waals surface area contributed by atoms with Crippen molar-refractivity contribution in [1.29, 1.82) is 0 Å². The molecule has 0 spiro atoms. The number of aromatic nitrogens is 4. The minimum absolute atomic E-state index is 0.563. The number of nitrogens with zero attached hydrogens (tertiary/aromatic N) is 4. The second-order valence-electron chi connectivity index (χ2n) is 14.3. The van der Waals surface area contributed by atoms with E-state index in [0.717, 1.165) is 60.7 Å². The molecule has 0 unspecified atom stereocenters. The molecule has 56 heavy (non-hydrogen) atoms. The lowest BCUT2D eigenvalue weighted by molar-refractivity contribution is 0.671. The summed E-state index contributed by atoms with van der Waals surface area (Å²) in [5.74, 6) is 1.79. The van der Waals surface area contributed by atoms with Gasteiger partial charge >= 0.3 is 0 Å². The lowest BCUT2D eigenvalue weighted by Crippen LogP contribution is -2.00. The molecular formula is C51H30N4O. The molecule has 0 aliphatic carbocycles. The van der Waals surface area contributed by atoms with Crippen LogP contribution < -0.4 is 0 Å². The normalized spacial score (nSPS) is 11.9. The van der Waals surface area contributed by atoms with Gasteiger partial charge in [0.2, 0.25) is 0 Å². The summed E-state index contributed by atoms with van der Waals surface area (Å²) in [5.41, 5.74) is 7.46. The second-order valence-corrected chi connectivity index (χ2v) is 14.3. The molecule has 0 bridgehead atoms. The number of rotatable bonds is 4. The smallest absolute Gasteiger partial charge is 0.167 e. The van der Waals surface area contributed by atoms with Crippen LogP contribution in [0, 0.1) is 0 Å². The third kappa shape index (κ3) is 4.52. The SMILES string of the molecule is c1ccc(-c2nc(-c3ccccc3)nc(-c3cccc4c3oc3c4ccc4c5ccccc5n(-c5ccc6c7ccccc7c7ccccc7c6c5)c43)n2)cc1. The first-order valence-corrected chi connectivity index (χ1v) is 18.9. The van der Waals surface area contributed by atoms with Crippen molar-refractivity contribution in [1.82, 2.24) is 19.5 Å². The average molecular weight is 715 g/mol. The van der Waals surface area contributed by atoms with Gasteiger partial charge in [-0.25, -0.2) is 15.0 Å². The molecule has 0 amide bonds. The molecule has 0 N–H and O–H groups in total. The molecule has 5 nitrogen and oxygen atoms in total. The van der Waals surface area contributed by atoms with Crippen molar-refractivity contribution in [2.24, 2.45) is 0 Å². The minimum Gasteiger partial charge on any atom is -0.453 e. The summed E-state index contributed by atoms with van der Waals surface area (Å²) >= 11 is 0. The Morgan fingerprint density at radius 1 is 0.339 bits per heavy atom. The Morgan fingerprint density at radius 3 is 1.48 bits per heavy atom. The van der Waals surface area contributed by atoms with E-state index in [1.165, 1.54) is 37.7 Å². The maximum atomic E-state index is 7.13. The number of para-hydroxylation sites is 2. The van der Waals surface area contributed by atoms with Crippen molar-refractivity contribution in [3.63, 3.8) is 0 Å². The Hall–Kier alpha value is -7.63. The molecule has 3 aromatic heterocycles. The molecule has 0 saturated heterocycles. The summed E-state index contributed by atoms with van der Waals surface area (Å²) in [6.07, 6.45) is 0. The summed E-state index contributed by atoms with van der Waals surface area (Å²) in [7, 11) is 0. The van der Waals surface area contributed by atoms with Gasteiger partial charge in [0.05, 0.1) is 16.6 Å². The van der Waals surface area contributed by atoms with Gasteiger partial charge in [-0.2, -0.15) is 0 Å². The van der Waals surface area contributed by atoms with Gasteiger partial charge in [0.1, 0.15) is 5.58 Å². The zero-order valence-electron chi connectivity index (χ0n) is 30.0. The van der Waals surface area contributed by atoms with E-state index in [1.807, 2.05) is 60.7 Å². The molecule has 0 aliphatic rings. The molecule has 0 atom stereocenters. The topological polar surface area (TPSA) is 56.7 Å². The fraction of sp³-hybridized carbons (Fsp3) is 0. The van der Waals surface area contributed by atoms with Crippen LogP contribution in [0.5, 0.6) is 0 Å². The first-order valence-electron chi connectivity index (χ1n) is 18.9. The number of benzene rings is 9. The van der Waals surface area contributed by atoms with Gasteiger partial charge < -0.3 is 8.98 Å². The van der Waals surface area contributed by atoms with Crippen molar-refractivity contribution in [2.45, 2.75) is 0 Å². The summed E-state index contributed by atoms with van der Waals surface area (Å²) in [6.45, 7) is 0. The van der Waals surface area contributed by atoms with E-state index in [1.54, 1.807) is 0 Å². The van der Waals surface area contributed by atoms with Crippen LogP contribution in [0.3, 0.4) is 0 Å². The van der Waals surface area contributed by atoms with Gasteiger partial charge in [-0.1, -0.05) is 152 Å². The van der Waals surface area contributed by atoms with E-state index in [-0.39, 0.29) is 0 Å². The zero-order chi connectivity index (χ0) is 36.7. The average Bonchev–Trinajstić information content (AvgIpc) is 3.83. The van der Waals surface area contributed by atoms with Crippen molar-refractivity contribution in [2.75, 3.05) is 0 Å². The van der Waals surface area contributed by atoms with Crippen LogP contribution in [0.4, 0.5) is 0 Å². The van der Waals surface area contributed by atoms with Crippen LogP contribution in [-0.2, 0) is 0 Å². The molecule has 12 rings (SSSR count). The Morgan fingerprint density at radius 2 is 0.821 bits per heavy atom. The van der Waals surface area contributed by atoms with E-state index in [9.17, 15) is 0 Å². The number of fused-ring (bicyclic) bond motifs is 13. The van der Waals surface area contributed by atoms with Crippen LogP contribution >= 0.6 is 0 Å². The largest absolute Gasteiger partial charge is 0.453 e. The predicted molar refractivity (Wildman–Crippen MR) is 230 cm³/mol. The van der Waals surface area contributed by atoms with Gasteiger partial charge in [0.15, 0.2) is 23.1 Å². The van der Waals surface area contributed by atoms with Crippen LogP contribution in [0.25, 0.3) is 116 Å². The van der Waals surface area contributed by atoms with Gasteiger partial charge in [0.25, 0.3) is 0 Å². The molecule has 12 aromatic rings. The summed E-state index contributed by atoms with van der Waals surface area (Å²) < 4.78 is 9.51. The highest BCUT2D eigenvalue weighted by Gasteiger charge is 2.22. The highest BCUT2D eigenvalue weighted by molar-refractivity contribution is 6.26. The highest BCUT2D eigenvalue weighted by atomic mass is 16.3. The molecule has 0 radical (unpaired) electrons. The van der Waals surface area contributed by atoms with E-state index in [4.69, 9.17) is 19.4 Å². The Kier molecular flexibility index (Phi) is 6.56. The van der Waals surface area contributed by atoms with E-state index in [0.29, 0.717) is 17.5 Å². The Bertz CT molecular complexity index is 3440. The Balaban J connectivity index is 1.14. The minimum atomic E-state index is 0.563. The number of hydrogen-bond donors (Lipinski definition) is 0. The summed E-state index contributed by atoms with van der Waals surface area (Å²) in [6, 6.07) is 63.8. The maximum absolute atomic E-state index is 7.13. The first kappa shape index (κ1) is 30.8. The van der Waals surface area contributed by atoms with E-state index in [2.05, 4.69) is 126 Å². The Labute approximate surface area is 320 Å². The molecule has 0 saturated carbocycles. The summed E-state index contributed by atoms with van der Waals surface area (Å²) in [4.78, 5) is 15.1. The van der Waals surface area contributed by atoms with Crippen LogP contribution in [0.15, 0.2) is 186 Å². The van der Waals surface area contributed by atoms with Gasteiger partial charge in [-0.05, 0) is 62.6 Å². The first-order chi connectivity index (χ1) is 27.8. The second kappa shape index (κ2) is 11.9. The van der Waals surface area contributed by atoms with Gasteiger partial charge in [-0.15, -0.1) is 0 Å². The lowest BCUT2D eigenvalue weighted by atomic mass is 9.94. The van der Waals surface area contributed by atoms with Crippen molar-refractivity contribution >= 4 is 76.1 Å². The van der Waals surface area contributed by atoms with E-state index >= 15 is 0 Å². The fourth-order valence-corrected chi connectivity index (χ4v) is 8.71. The quantitative estimate of drug-likeness (QED) is 0.170. The van der Waals surface area contributed by atoms with Crippen LogP contribution in [-0.4, -0.2) is 19.5 Å². The number of furan rings is 1. The highest BCUT2D eigenvalue weighted by Crippen LogP contribution is 2.43. The summed E-state index contributed by atoms with van der Waals surface area (Å²) in [5, 5.41) is 11.8. The molecule has 9 aromatic carbocycles. The molecular weight excluding hydrogens is 685 g/mol. The lowest BCUT2D eigenvalue weighted by Gasteiger charge is -2.13. The third-order valence-corrected chi connectivity index (χ3v) is 11.2. The maximum Gasteiger partial charge on any atom is 0.167 e. The number of hydrogen-bond acceptors (Lipinski definition) is 4. The predicted octanol–water partition coefficient (Wildman–Crippen LogP) is 13.3. The molecule has 5 heteroatoms. The van der Waals surface area contributed by atoms with Gasteiger partial charge in [-0.3, -0.25) is 0 Å². The van der Waals surface area contributed by atoms with Crippen LogP contribution in [0.2, 0.25) is 0 Å². The zero-order valence-corrected chi connectivity index (χ0v) is 30.0. The van der Waals surface area contributed by atoms with Gasteiger partial charge in [0, 0.05) is 38.4 Å². The fourth-order valence-electron chi connectivity index (χ4n) is 8.71.